The SMILES string of the molecule is CN1CCN(S(=O)(=O)Cc2nn(C)c3c(-c4ccc(C#CC(C)(C)O)nc4[C@@H](CC(=O)OC(C)(C)C)Cc4cc(F)cc(F)c4)cccc23)CC1. The van der Waals surface area contributed by atoms with Crippen LogP contribution in [-0.4, -0.2) is 87.9 Å². The predicted octanol–water partition coefficient (Wildman–Crippen LogP) is 5.17. The van der Waals surface area contributed by atoms with E-state index in [9.17, 15) is 27.1 Å². The second kappa shape index (κ2) is 14.8. The molecule has 1 fully saturated rings. The van der Waals surface area contributed by atoms with E-state index in [1.807, 2.05) is 25.2 Å². The van der Waals surface area contributed by atoms with Gasteiger partial charge in [-0.25, -0.2) is 22.2 Å². The highest BCUT2D eigenvalue weighted by Gasteiger charge is 2.30. The zero-order valence-electron chi connectivity index (χ0n) is 30.1. The number of halogens is 2. The summed E-state index contributed by atoms with van der Waals surface area (Å²) in [5, 5.41) is 15.6. The standard InChI is InChI=1S/C38H45F2N5O5S/c1-37(2,3)50-34(46)22-26(19-25-20-27(39)23-28(40)21-25)35-30(12-11-29(41-35)13-14-38(4,5)47)31-9-8-10-32-33(42-44(7)36(31)32)24-51(48,49)45-17-15-43(6)16-18-45/h8-12,20-21,23,26,47H,15-19,22,24H2,1-7H3/t26-/m1/s1. The Morgan fingerprint density at radius 2 is 1.65 bits per heavy atom. The van der Waals surface area contributed by atoms with Crippen molar-refractivity contribution < 1.29 is 31.8 Å². The number of carbonyl (C=O) groups is 1. The number of ether oxygens (including phenoxy) is 1. The summed E-state index contributed by atoms with van der Waals surface area (Å²) in [6.07, 6.45) is -0.139. The van der Waals surface area contributed by atoms with Gasteiger partial charge in [0.1, 0.15) is 34.3 Å². The number of carbonyl (C=O) groups excluding carboxylic acids is 1. The highest BCUT2D eigenvalue weighted by molar-refractivity contribution is 7.88. The monoisotopic (exact) mass is 721 g/mol. The molecule has 1 saturated heterocycles. The zero-order valence-corrected chi connectivity index (χ0v) is 30.9. The lowest BCUT2D eigenvalue weighted by molar-refractivity contribution is -0.155. The van der Waals surface area contributed by atoms with Crippen LogP contribution in [0.3, 0.4) is 0 Å². The number of aromatic nitrogens is 3. The van der Waals surface area contributed by atoms with Gasteiger partial charge >= 0.3 is 5.97 Å². The van der Waals surface area contributed by atoms with E-state index >= 15 is 0 Å². The third-order valence-electron chi connectivity index (χ3n) is 8.45. The lowest BCUT2D eigenvalue weighted by Crippen LogP contribution is -2.47. The molecule has 1 N–H and O–H groups in total. The third kappa shape index (κ3) is 9.77. The molecule has 2 aromatic heterocycles. The van der Waals surface area contributed by atoms with Crippen LogP contribution < -0.4 is 0 Å². The van der Waals surface area contributed by atoms with Gasteiger partial charge in [-0.05, 0) is 83.8 Å². The molecule has 3 heterocycles. The van der Waals surface area contributed by atoms with Gasteiger partial charge < -0.3 is 14.7 Å². The summed E-state index contributed by atoms with van der Waals surface area (Å²) in [6.45, 7) is 10.4. The van der Waals surface area contributed by atoms with E-state index in [1.54, 1.807) is 58.5 Å². The molecule has 4 aromatic rings. The minimum atomic E-state index is -3.66. The van der Waals surface area contributed by atoms with E-state index in [0.29, 0.717) is 70.9 Å². The van der Waals surface area contributed by atoms with Crippen LogP contribution in [0.4, 0.5) is 8.78 Å². The van der Waals surface area contributed by atoms with Gasteiger partial charge in [0.05, 0.1) is 23.3 Å². The second-order valence-corrected chi connectivity index (χ2v) is 16.6. The molecule has 0 amide bonds. The molecular weight excluding hydrogens is 677 g/mol. The minimum absolute atomic E-state index is 0.0339. The Morgan fingerprint density at radius 1 is 0.980 bits per heavy atom. The molecule has 2 aromatic carbocycles. The topological polar surface area (TPSA) is 118 Å². The molecule has 13 heteroatoms. The summed E-state index contributed by atoms with van der Waals surface area (Å²) in [5.74, 6) is 2.63. The van der Waals surface area contributed by atoms with Crippen LogP contribution in [0.15, 0.2) is 48.5 Å². The van der Waals surface area contributed by atoms with Crippen LogP contribution in [0.2, 0.25) is 0 Å². The van der Waals surface area contributed by atoms with Crippen molar-refractivity contribution >= 4 is 26.9 Å². The fourth-order valence-corrected chi connectivity index (χ4v) is 7.69. The van der Waals surface area contributed by atoms with Crippen LogP contribution in [0.5, 0.6) is 0 Å². The van der Waals surface area contributed by atoms with E-state index < -0.39 is 44.7 Å². The van der Waals surface area contributed by atoms with Gasteiger partial charge in [0, 0.05) is 61.7 Å². The summed E-state index contributed by atoms with van der Waals surface area (Å²) in [5.41, 5.74) is 1.24. The number of rotatable bonds is 9. The Hall–Kier alpha value is -4.22. The molecule has 1 atom stereocenters. The largest absolute Gasteiger partial charge is 0.460 e. The quantitative estimate of drug-likeness (QED) is 0.186. The Kier molecular flexibility index (Phi) is 11.0. The van der Waals surface area contributed by atoms with Crippen molar-refractivity contribution in [3.05, 3.63) is 82.8 Å². The van der Waals surface area contributed by atoms with Gasteiger partial charge in [-0.2, -0.15) is 9.40 Å². The van der Waals surface area contributed by atoms with Crippen LogP contribution in [-0.2, 0) is 38.8 Å². The van der Waals surface area contributed by atoms with Gasteiger partial charge in [-0.3, -0.25) is 9.48 Å². The average Bonchev–Trinajstić information content (AvgIpc) is 3.32. The number of sulfonamides is 1. The number of likely N-dealkylation sites (N-methyl/N-ethyl adjacent to an activating group) is 1. The number of para-hydroxylation sites is 1. The molecule has 0 unspecified atom stereocenters. The highest BCUT2D eigenvalue weighted by Crippen LogP contribution is 2.38. The van der Waals surface area contributed by atoms with E-state index in [4.69, 9.17) is 9.72 Å². The molecule has 10 nitrogen and oxygen atoms in total. The lowest BCUT2D eigenvalue weighted by atomic mass is 9.87. The zero-order chi connectivity index (χ0) is 37.3. The molecule has 5 rings (SSSR count). The van der Waals surface area contributed by atoms with Gasteiger partial charge in [0.25, 0.3) is 0 Å². The number of benzene rings is 2. The molecule has 51 heavy (non-hydrogen) atoms. The first-order valence-corrected chi connectivity index (χ1v) is 18.4. The number of aryl methyl sites for hydroxylation is 1. The molecule has 0 spiro atoms. The number of pyridine rings is 1. The van der Waals surface area contributed by atoms with Gasteiger partial charge in [0.15, 0.2) is 0 Å². The second-order valence-electron chi connectivity index (χ2n) is 14.6. The van der Waals surface area contributed by atoms with Crippen LogP contribution in [0.25, 0.3) is 22.0 Å². The Labute approximate surface area is 298 Å². The minimum Gasteiger partial charge on any atom is -0.460 e. The number of esters is 1. The summed E-state index contributed by atoms with van der Waals surface area (Å²) in [6, 6.07) is 12.2. The first-order valence-electron chi connectivity index (χ1n) is 16.8. The van der Waals surface area contributed by atoms with E-state index in [1.165, 1.54) is 16.4 Å². The smallest absolute Gasteiger partial charge is 0.306 e. The molecule has 0 bridgehead atoms. The molecule has 0 saturated carbocycles. The van der Waals surface area contributed by atoms with Crippen molar-refractivity contribution in [3.8, 4) is 23.0 Å². The number of aliphatic hydroxyl groups is 1. The molecule has 0 aliphatic carbocycles. The lowest BCUT2D eigenvalue weighted by Gasteiger charge is -2.31. The Morgan fingerprint density at radius 3 is 2.27 bits per heavy atom. The van der Waals surface area contributed by atoms with Gasteiger partial charge in [0.2, 0.25) is 10.0 Å². The number of piperazine rings is 1. The van der Waals surface area contributed by atoms with Crippen molar-refractivity contribution in [2.45, 2.75) is 70.3 Å². The van der Waals surface area contributed by atoms with Crippen LogP contribution in [0.1, 0.15) is 69.6 Å². The first kappa shape index (κ1) is 38.0. The van der Waals surface area contributed by atoms with Crippen LogP contribution in [0, 0.1) is 23.5 Å². The van der Waals surface area contributed by atoms with Gasteiger partial charge in [-0.1, -0.05) is 24.1 Å². The first-order chi connectivity index (χ1) is 23.8. The summed E-state index contributed by atoms with van der Waals surface area (Å²) < 4.78 is 64.7. The maximum atomic E-state index is 14.4. The summed E-state index contributed by atoms with van der Waals surface area (Å²) in [4.78, 5) is 20.4. The van der Waals surface area contributed by atoms with E-state index in [-0.39, 0.29) is 18.6 Å². The molecule has 1 aliphatic heterocycles. The van der Waals surface area contributed by atoms with Gasteiger partial charge in [-0.15, -0.1) is 0 Å². The third-order valence-corrected chi connectivity index (χ3v) is 10.2. The molecular formula is C38H45F2N5O5S. The average molecular weight is 722 g/mol. The number of nitrogens with zero attached hydrogens (tertiary/aromatic N) is 5. The Balaban J connectivity index is 1.67. The van der Waals surface area contributed by atoms with Crippen molar-refractivity contribution in [3.63, 3.8) is 0 Å². The number of hydrogen-bond donors (Lipinski definition) is 1. The van der Waals surface area contributed by atoms with Crippen LogP contribution >= 0.6 is 0 Å². The van der Waals surface area contributed by atoms with Crippen molar-refractivity contribution in [2.24, 2.45) is 7.05 Å². The number of fused-ring (bicyclic) bond motifs is 1. The highest BCUT2D eigenvalue weighted by atomic mass is 32.2. The van der Waals surface area contributed by atoms with Crippen molar-refractivity contribution in [1.82, 2.24) is 24.0 Å². The van der Waals surface area contributed by atoms with Crippen molar-refractivity contribution in [1.29, 1.82) is 0 Å². The normalized spacial score (nSPS) is 15.4. The van der Waals surface area contributed by atoms with Crippen molar-refractivity contribution in [2.75, 3.05) is 33.2 Å². The predicted molar refractivity (Wildman–Crippen MR) is 192 cm³/mol. The maximum absolute atomic E-state index is 14.4. The summed E-state index contributed by atoms with van der Waals surface area (Å²) >= 11 is 0. The number of hydrogen-bond acceptors (Lipinski definition) is 8. The Bertz CT molecular complexity index is 2080. The fraction of sp³-hybridized carbons (Fsp3) is 0.447. The van der Waals surface area contributed by atoms with E-state index in [2.05, 4.69) is 21.8 Å². The summed E-state index contributed by atoms with van der Waals surface area (Å²) in [7, 11) is 0.0370. The van der Waals surface area contributed by atoms with E-state index in [0.717, 1.165) is 6.07 Å². The molecule has 272 valence electrons. The molecule has 0 radical (unpaired) electrons. The fourth-order valence-electron chi connectivity index (χ4n) is 6.23. The maximum Gasteiger partial charge on any atom is 0.306 e. The molecule has 1 aliphatic rings.